The van der Waals surface area contributed by atoms with E-state index in [-0.39, 0.29) is 5.41 Å². The Morgan fingerprint density at radius 2 is 1.92 bits per heavy atom. The topological polar surface area (TPSA) is 37.3 Å². The second-order valence-corrected chi connectivity index (χ2v) is 5.17. The minimum atomic E-state index is -0.638. The Morgan fingerprint density at radius 1 is 1.42 bits per heavy atom. The molecule has 0 unspecified atom stereocenters. The molecule has 0 aromatic heterocycles. The van der Waals surface area contributed by atoms with E-state index in [9.17, 15) is 4.79 Å². The number of carbonyl (C=O) groups is 1. The fourth-order valence-electron chi connectivity index (χ4n) is 2.58. The van der Waals surface area contributed by atoms with Gasteiger partial charge < -0.3 is 5.11 Å². The summed E-state index contributed by atoms with van der Waals surface area (Å²) in [6.45, 7) is 8.22. The lowest BCUT2D eigenvalue weighted by Gasteiger charge is -2.24. The molecule has 0 amide bonds. The third-order valence-electron chi connectivity index (χ3n) is 3.28. The predicted molar refractivity (Wildman–Crippen MR) is 47.9 cm³/mol. The summed E-state index contributed by atoms with van der Waals surface area (Å²) < 4.78 is 0. The molecule has 2 nitrogen and oxygen atoms in total. The van der Waals surface area contributed by atoms with Gasteiger partial charge in [0, 0.05) is 0 Å². The minimum Gasteiger partial charge on any atom is -0.481 e. The summed E-state index contributed by atoms with van der Waals surface area (Å²) in [5.74, 6) is -0.342. The second-order valence-electron chi connectivity index (χ2n) is 5.17. The molecular formula is C10H18O2. The van der Waals surface area contributed by atoms with Crippen LogP contribution in [0.25, 0.3) is 0 Å². The van der Waals surface area contributed by atoms with Crippen LogP contribution >= 0.6 is 0 Å². The van der Waals surface area contributed by atoms with Crippen molar-refractivity contribution < 1.29 is 9.90 Å². The number of carboxylic acids is 1. The van der Waals surface area contributed by atoms with Crippen molar-refractivity contribution in [2.24, 2.45) is 16.7 Å². The Kier molecular flexibility index (Phi) is 1.97. The zero-order valence-electron chi connectivity index (χ0n) is 8.35. The minimum absolute atomic E-state index is 0.201. The fraction of sp³-hybridized carbons (Fsp3) is 0.900. The van der Waals surface area contributed by atoms with E-state index in [1.54, 1.807) is 0 Å². The molecule has 1 N–H and O–H groups in total. The van der Waals surface area contributed by atoms with E-state index < -0.39 is 11.4 Å². The zero-order chi connectivity index (χ0) is 9.57. The van der Waals surface area contributed by atoms with Gasteiger partial charge in [-0.15, -0.1) is 0 Å². The second kappa shape index (κ2) is 2.48. The quantitative estimate of drug-likeness (QED) is 0.656. The van der Waals surface area contributed by atoms with Gasteiger partial charge in [-0.05, 0) is 31.1 Å². The molecule has 0 bridgehead atoms. The summed E-state index contributed by atoms with van der Waals surface area (Å²) in [5, 5.41) is 9.08. The van der Waals surface area contributed by atoms with Gasteiger partial charge in [-0.2, -0.15) is 0 Å². The Balaban J connectivity index is 2.89. The number of rotatable bonds is 1. The summed E-state index contributed by atoms with van der Waals surface area (Å²) in [7, 11) is 0. The van der Waals surface area contributed by atoms with Crippen LogP contribution in [-0.4, -0.2) is 11.1 Å². The summed E-state index contributed by atoms with van der Waals surface area (Å²) in [4.78, 5) is 11.0. The van der Waals surface area contributed by atoms with Gasteiger partial charge in [0.15, 0.2) is 0 Å². The van der Waals surface area contributed by atoms with Gasteiger partial charge >= 0.3 is 5.97 Å². The molecule has 0 aromatic carbocycles. The highest BCUT2D eigenvalue weighted by atomic mass is 16.4. The van der Waals surface area contributed by atoms with Crippen molar-refractivity contribution in [1.29, 1.82) is 0 Å². The first-order valence-electron chi connectivity index (χ1n) is 4.51. The highest BCUT2D eigenvalue weighted by Gasteiger charge is 2.50. The van der Waals surface area contributed by atoms with E-state index in [1.165, 1.54) is 0 Å². The summed E-state index contributed by atoms with van der Waals surface area (Å²) >= 11 is 0. The Morgan fingerprint density at radius 3 is 2.08 bits per heavy atom. The lowest BCUT2D eigenvalue weighted by Crippen LogP contribution is -2.30. The first kappa shape index (κ1) is 9.56. The van der Waals surface area contributed by atoms with Gasteiger partial charge in [0.2, 0.25) is 0 Å². The molecular weight excluding hydrogens is 152 g/mol. The van der Waals surface area contributed by atoms with Gasteiger partial charge in [0.05, 0.1) is 5.41 Å². The van der Waals surface area contributed by atoms with E-state index >= 15 is 0 Å². The van der Waals surface area contributed by atoms with Crippen molar-refractivity contribution in [3.63, 3.8) is 0 Å². The van der Waals surface area contributed by atoms with Gasteiger partial charge in [-0.25, -0.2) is 0 Å². The Hall–Kier alpha value is -0.530. The van der Waals surface area contributed by atoms with E-state index in [0.29, 0.717) is 5.92 Å². The van der Waals surface area contributed by atoms with Crippen LogP contribution in [0.1, 0.15) is 40.5 Å². The molecule has 2 heteroatoms. The van der Waals surface area contributed by atoms with E-state index in [1.807, 2.05) is 13.8 Å². The van der Waals surface area contributed by atoms with Crippen molar-refractivity contribution in [3.05, 3.63) is 0 Å². The Labute approximate surface area is 74.0 Å². The zero-order valence-corrected chi connectivity index (χ0v) is 8.35. The molecule has 1 fully saturated rings. The van der Waals surface area contributed by atoms with Crippen LogP contribution in [-0.2, 0) is 4.79 Å². The van der Waals surface area contributed by atoms with Gasteiger partial charge in [-0.3, -0.25) is 4.79 Å². The van der Waals surface area contributed by atoms with Gasteiger partial charge in [-0.1, -0.05) is 20.8 Å². The molecule has 0 radical (unpaired) electrons. The Bertz CT molecular complexity index is 208. The molecule has 0 aromatic rings. The first-order valence-corrected chi connectivity index (χ1v) is 4.51. The predicted octanol–water partition coefficient (Wildman–Crippen LogP) is 2.53. The standard InChI is InChI=1S/C10H18O2/c1-7-5-9(2,3)6-10(7,4)8(11)12/h7H,5-6H2,1-4H3,(H,11,12)/t7-,10+/m1/s1. The SMILES string of the molecule is C[C@@H]1CC(C)(C)C[C@]1(C)C(=O)O. The van der Waals surface area contributed by atoms with Crippen molar-refractivity contribution in [3.8, 4) is 0 Å². The molecule has 70 valence electrons. The van der Waals surface area contributed by atoms with Crippen LogP contribution < -0.4 is 0 Å². The summed E-state index contributed by atoms with van der Waals surface area (Å²) in [6.07, 6.45) is 1.83. The lowest BCUT2D eigenvalue weighted by molar-refractivity contribution is -0.150. The highest BCUT2D eigenvalue weighted by molar-refractivity contribution is 5.75. The molecule has 2 atom stereocenters. The van der Waals surface area contributed by atoms with Crippen molar-refractivity contribution in [2.45, 2.75) is 40.5 Å². The highest BCUT2D eigenvalue weighted by Crippen LogP contribution is 2.52. The third-order valence-corrected chi connectivity index (χ3v) is 3.28. The number of carboxylic acid groups (broad SMARTS) is 1. The van der Waals surface area contributed by atoms with Crippen molar-refractivity contribution >= 4 is 5.97 Å². The number of aliphatic carboxylic acids is 1. The molecule has 0 saturated heterocycles. The van der Waals surface area contributed by atoms with Crippen LogP contribution in [0, 0.1) is 16.7 Å². The molecule has 1 saturated carbocycles. The molecule has 1 aliphatic rings. The fourth-order valence-corrected chi connectivity index (χ4v) is 2.58. The molecule has 0 aliphatic heterocycles. The summed E-state index contributed by atoms with van der Waals surface area (Å²) in [5.41, 5.74) is -0.296. The van der Waals surface area contributed by atoms with Gasteiger partial charge in [0.1, 0.15) is 0 Å². The summed E-state index contributed by atoms with van der Waals surface area (Å²) in [6, 6.07) is 0. The molecule has 1 aliphatic carbocycles. The molecule has 0 heterocycles. The third kappa shape index (κ3) is 1.35. The smallest absolute Gasteiger partial charge is 0.309 e. The monoisotopic (exact) mass is 170 g/mol. The molecule has 0 spiro atoms. The van der Waals surface area contributed by atoms with E-state index in [0.717, 1.165) is 12.8 Å². The maximum Gasteiger partial charge on any atom is 0.309 e. The maximum absolute atomic E-state index is 11.0. The van der Waals surface area contributed by atoms with Crippen molar-refractivity contribution in [2.75, 3.05) is 0 Å². The van der Waals surface area contributed by atoms with Gasteiger partial charge in [0.25, 0.3) is 0 Å². The van der Waals surface area contributed by atoms with E-state index in [2.05, 4.69) is 13.8 Å². The largest absolute Gasteiger partial charge is 0.481 e. The van der Waals surface area contributed by atoms with Crippen LogP contribution in [0.5, 0.6) is 0 Å². The van der Waals surface area contributed by atoms with Crippen LogP contribution in [0.15, 0.2) is 0 Å². The maximum atomic E-state index is 11.0. The number of hydrogen-bond donors (Lipinski definition) is 1. The van der Waals surface area contributed by atoms with Crippen LogP contribution in [0.3, 0.4) is 0 Å². The van der Waals surface area contributed by atoms with Crippen molar-refractivity contribution in [1.82, 2.24) is 0 Å². The average molecular weight is 170 g/mol. The van der Waals surface area contributed by atoms with Crippen LogP contribution in [0.4, 0.5) is 0 Å². The molecule has 12 heavy (non-hydrogen) atoms. The normalized spacial score (nSPS) is 39.8. The van der Waals surface area contributed by atoms with Crippen LogP contribution in [0.2, 0.25) is 0 Å². The molecule has 1 rings (SSSR count). The first-order chi connectivity index (χ1) is 5.28. The lowest BCUT2D eigenvalue weighted by atomic mass is 9.80. The average Bonchev–Trinajstić information content (AvgIpc) is 2.03. The van der Waals surface area contributed by atoms with E-state index in [4.69, 9.17) is 5.11 Å². The number of hydrogen-bond acceptors (Lipinski definition) is 1.